The van der Waals surface area contributed by atoms with Crippen molar-refractivity contribution in [1.82, 2.24) is 0 Å². The zero-order valence-corrected chi connectivity index (χ0v) is 13.6. The molecule has 0 radical (unpaired) electrons. The minimum atomic E-state index is -1.91. The predicted octanol–water partition coefficient (Wildman–Crippen LogP) is 4.19. The molecule has 0 unspecified atom stereocenters. The first-order valence-electron chi connectivity index (χ1n) is 6.74. The first-order chi connectivity index (χ1) is 8.58. The Morgan fingerprint density at radius 2 is 2.00 bits per heavy atom. The topological polar surface area (TPSA) is 26.3 Å². The van der Waals surface area contributed by atoms with Crippen molar-refractivity contribution in [3.05, 3.63) is 23.8 Å². The number of hydrogen-bond acceptors (Lipinski definition) is 2. The van der Waals surface area contributed by atoms with E-state index in [0.29, 0.717) is 30.3 Å². The number of rotatable bonds is 3. The summed E-state index contributed by atoms with van der Waals surface area (Å²) in [5.41, 5.74) is 1.12. The van der Waals surface area contributed by atoms with Crippen LogP contribution in [0.3, 0.4) is 0 Å². The zero-order chi connectivity index (χ0) is 14.8. The summed E-state index contributed by atoms with van der Waals surface area (Å²) in [4.78, 5) is 10.6. The molecule has 1 fully saturated rings. The summed E-state index contributed by atoms with van der Waals surface area (Å²) in [6.07, 6.45) is 1.80. The van der Waals surface area contributed by atoms with E-state index in [-0.39, 0.29) is 11.1 Å². The summed E-state index contributed by atoms with van der Waals surface area (Å²) in [7, 11) is -1.91. The molecule has 0 saturated heterocycles. The summed E-state index contributed by atoms with van der Waals surface area (Å²) in [5, 5.41) is 0.0990. The number of hydrogen-bond donors (Lipinski definition) is 0. The molecule has 0 aliphatic heterocycles. The van der Waals surface area contributed by atoms with E-state index in [2.05, 4.69) is 40.4 Å². The fourth-order valence-electron chi connectivity index (χ4n) is 1.97. The Kier molecular flexibility index (Phi) is 4.90. The molecular weight excluding hydrogens is 259 g/mol. The highest BCUT2D eigenvalue weighted by Gasteiger charge is 2.41. The van der Waals surface area contributed by atoms with E-state index in [1.165, 1.54) is 6.08 Å². The molecule has 108 valence electrons. The fraction of sp³-hybridized carbons (Fsp3) is 0.667. The van der Waals surface area contributed by atoms with Gasteiger partial charge in [0.25, 0.3) is 0 Å². The van der Waals surface area contributed by atoms with Crippen LogP contribution < -0.4 is 0 Å². The average Bonchev–Trinajstić information content (AvgIpc) is 2.23. The summed E-state index contributed by atoms with van der Waals surface area (Å²) >= 11 is 0. The molecule has 1 rings (SSSR count). The number of alkyl halides is 1. The maximum atomic E-state index is 14.0. The molecule has 19 heavy (non-hydrogen) atoms. The quantitative estimate of drug-likeness (QED) is 0.441. The summed E-state index contributed by atoms with van der Waals surface area (Å²) < 4.78 is 20.2. The van der Waals surface area contributed by atoms with Gasteiger partial charge in [-0.05, 0) is 41.8 Å². The average molecular weight is 284 g/mol. The van der Waals surface area contributed by atoms with Gasteiger partial charge in [-0.15, -0.1) is 0 Å². The Balaban J connectivity index is 2.84. The second-order valence-electron chi connectivity index (χ2n) is 6.76. The SMILES string of the molecule is C=C1/C(=C/C=O)C[C@@H](O[Si](C)(C)C(C)(C)C)C[C@@H]1F. The van der Waals surface area contributed by atoms with Gasteiger partial charge in [-0.2, -0.15) is 0 Å². The van der Waals surface area contributed by atoms with Gasteiger partial charge in [-0.1, -0.05) is 27.4 Å². The normalized spacial score (nSPS) is 27.7. The Labute approximate surface area is 116 Å². The zero-order valence-electron chi connectivity index (χ0n) is 12.6. The van der Waals surface area contributed by atoms with Crippen molar-refractivity contribution in [2.24, 2.45) is 0 Å². The Bertz CT molecular complexity index is 393. The third-order valence-electron chi connectivity index (χ3n) is 4.24. The Morgan fingerprint density at radius 3 is 2.47 bits per heavy atom. The minimum absolute atomic E-state index is 0.0990. The van der Waals surface area contributed by atoms with Crippen LogP contribution in [-0.4, -0.2) is 26.9 Å². The standard InChI is InChI=1S/C15H25FO2Si/c1-11-12(7-8-17)9-13(10-14(11)16)18-19(5,6)15(2,3)4/h7-8,13-14H,1,9-10H2,2-6H3/b12-7+/t13-,14+/m1/s1. The lowest BCUT2D eigenvalue weighted by Crippen LogP contribution is -2.45. The largest absolute Gasteiger partial charge is 0.413 e. The molecule has 4 heteroatoms. The van der Waals surface area contributed by atoms with Crippen LogP contribution in [-0.2, 0) is 9.22 Å². The van der Waals surface area contributed by atoms with Gasteiger partial charge in [0.15, 0.2) is 8.32 Å². The van der Waals surface area contributed by atoms with Crippen LogP contribution in [0, 0.1) is 0 Å². The molecule has 2 atom stereocenters. The van der Waals surface area contributed by atoms with Crippen molar-refractivity contribution in [1.29, 1.82) is 0 Å². The van der Waals surface area contributed by atoms with Crippen molar-refractivity contribution in [3.8, 4) is 0 Å². The number of carbonyl (C=O) groups excluding carboxylic acids is 1. The first-order valence-corrected chi connectivity index (χ1v) is 9.64. The number of halogens is 1. The lowest BCUT2D eigenvalue weighted by Gasteiger charge is -2.41. The molecule has 0 bridgehead atoms. The van der Waals surface area contributed by atoms with Gasteiger partial charge in [-0.3, -0.25) is 4.79 Å². The van der Waals surface area contributed by atoms with E-state index >= 15 is 0 Å². The van der Waals surface area contributed by atoms with Crippen LogP contribution in [0.5, 0.6) is 0 Å². The number of carbonyl (C=O) groups is 1. The molecule has 0 aromatic carbocycles. The van der Waals surface area contributed by atoms with Gasteiger partial charge >= 0.3 is 0 Å². The van der Waals surface area contributed by atoms with Gasteiger partial charge in [0.1, 0.15) is 12.5 Å². The number of allylic oxidation sites excluding steroid dienone is 2. The highest BCUT2D eigenvalue weighted by Crippen LogP contribution is 2.40. The lowest BCUT2D eigenvalue weighted by molar-refractivity contribution is -0.104. The Morgan fingerprint density at radius 1 is 1.42 bits per heavy atom. The molecule has 0 aromatic heterocycles. The third-order valence-corrected chi connectivity index (χ3v) is 8.78. The van der Waals surface area contributed by atoms with E-state index in [4.69, 9.17) is 4.43 Å². The van der Waals surface area contributed by atoms with Crippen LogP contribution in [0.25, 0.3) is 0 Å². The van der Waals surface area contributed by atoms with Crippen molar-refractivity contribution >= 4 is 14.6 Å². The molecule has 1 saturated carbocycles. The monoisotopic (exact) mass is 284 g/mol. The molecule has 1 aliphatic rings. The molecular formula is C15H25FO2Si. The van der Waals surface area contributed by atoms with Gasteiger partial charge in [0.2, 0.25) is 0 Å². The second kappa shape index (κ2) is 5.71. The van der Waals surface area contributed by atoms with Crippen LogP contribution in [0.15, 0.2) is 23.8 Å². The van der Waals surface area contributed by atoms with Crippen LogP contribution in [0.4, 0.5) is 4.39 Å². The third kappa shape index (κ3) is 3.86. The van der Waals surface area contributed by atoms with Gasteiger partial charge in [0.05, 0.1) is 6.10 Å². The highest BCUT2D eigenvalue weighted by molar-refractivity contribution is 6.74. The molecule has 1 aliphatic carbocycles. The van der Waals surface area contributed by atoms with E-state index in [9.17, 15) is 9.18 Å². The van der Waals surface area contributed by atoms with E-state index in [0.717, 1.165) is 0 Å². The van der Waals surface area contributed by atoms with Crippen molar-refractivity contribution in [3.63, 3.8) is 0 Å². The van der Waals surface area contributed by atoms with Crippen LogP contribution in [0.2, 0.25) is 18.1 Å². The van der Waals surface area contributed by atoms with E-state index in [1.807, 2.05) is 0 Å². The van der Waals surface area contributed by atoms with Crippen molar-refractivity contribution in [2.75, 3.05) is 0 Å². The molecule has 0 N–H and O–H groups in total. The van der Waals surface area contributed by atoms with Gasteiger partial charge in [-0.25, -0.2) is 4.39 Å². The maximum Gasteiger partial charge on any atom is 0.192 e. The molecule has 0 aromatic rings. The molecule has 2 nitrogen and oxygen atoms in total. The highest BCUT2D eigenvalue weighted by atomic mass is 28.4. The Hall–Kier alpha value is -0.743. The van der Waals surface area contributed by atoms with Gasteiger partial charge in [0, 0.05) is 6.42 Å². The summed E-state index contributed by atoms with van der Waals surface area (Å²) in [6.45, 7) is 14.5. The smallest absolute Gasteiger partial charge is 0.192 e. The second-order valence-corrected chi connectivity index (χ2v) is 11.5. The lowest BCUT2D eigenvalue weighted by atomic mass is 9.87. The first kappa shape index (κ1) is 16.3. The summed E-state index contributed by atoms with van der Waals surface area (Å²) in [5.74, 6) is 0. The van der Waals surface area contributed by atoms with Crippen LogP contribution >= 0.6 is 0 Å². The molecule has 0 spiro atoms. The molecule has 0 heterocycles. The predicted molar refractivity (Wildman–Crippen MR) is 79.5 cm³/mol. The minimum Gasteiger partial charge on any atom is -0.413 e. The van der Waals surface area contributed by atoms with Gasteiger partial charge < -0.3 is 4.43 Å². The van der Waals surface area contributed by atoms with E-state index < -0.39 is 14.5 Å². The van der Waals surface area contributed by atoms with E-state index in [1.54, 1.807) is 0 Å². The fourth-order valence-corrected chi connectivity index (χ4v) is 3.34. The summed E-state index contributed by atoms with van der Waals surface area (Å²) in [6, 6.07) is 0. The van der Waals surface area contributed by atoms with Crippen LogP contribution in [0.1, 0.15) is 33.6 Å². The number of aldehydes is 1. The van der Waals surface area contributed by atoms with Crippen molar-refractivity contribution in [2.45, 2.75) is 64.0 Å². The maximum absolute atomic E-state index is 14.0. The van der Waals surface area contributed by atoms with Crippen molar-refractivity contribution < 1.29 is 13.6 Å². The molecule has 0 amide bonds.